The molecular weight excluding hydrogens is 561 g/mol. The van der Waals surface area contributed by atoms with Crippen molar-refractivity contribution in [2.24, 2.45) is 0 Å². The Morgan fingerprint density at radius 2 is 1.62 bits per heavy atom. The SMILES string of the molecule is C[C@H](OC(=O)c1ccc(N2C(=O)c3cccc4c([N+](=O)[O-])ccc(c34)C2=O)cc1)C(=O)Nc1ccc(Cl)cc1Cl. The van der Waals surface area contributed by atoms with Crippen molar-refractivity contribution < 1.29 is 28.8 Å². The lowest BCUT2D eigenvalue weighted by atomic mass is 9.92. The second-order valence-electron chi connectivity index (χ2n) is 8.77. The molecule has 0 saturated heterocycles. The summed E-state index contributed by atoms with van der Waals surface area (Å²) in [7, 11) is 0. The maximum absolute atomic E-state index is 13.3. The zero-order valence-corrected chi connectivity index (χ0v) is 22.0. The number of benzene rings is 4. The van der Waals surface area contributed by atoms with Crippen LogP contribution in [0, 0.1) is 10.1 Å². The van der Waals surface area contributed by atoms with Gasteiger partial charge in [0.1, 0.15) is 0 Å². The molecule has 1 atom stereocenters. The number of carbonyl (C=O) groups is 4. The molecule has 1 aliphatic rings. The number of amides is 3. The lowest BCUT2D eigenvalue weighted by molar-refractivity contribution is -0.383. The number of anilines is 2. The molecule has 0 bridgehead atoms. The molecule has 0 saturated carbocycles. The Balaban J connectivity index is 1.34. The Hall–Kier alpha value is -4.80. The number of rotatable bonds is 6. The van der Waals surface area contributed by atoms with E-state index in [2.05, 4.69) is 5.32 Å². The van der Waals surface area contributed by atoms with Crippen molar-refractivity contribution in [1.82, 2.24) is 0 Å². The van der Waals surface area contributed by atoms with Crippen LogP contribution in [0.3, 0.4) is 0 Å². The minimum Gasteiger partial charge on any atom is -0.449 e. The second kappa shape index (κ2) is 10.4. The molecule has 12 heteroatoms. The fourth-order valence-electron chi connectivity index (χ4n) is 4.33. The standard InChI is InChI=1S/C28H17Cl2N3O7/c1-14(25(34)31-22-11-7-16(29)13-21(22)30)40-28(37)15-5-8-17(9-6-15)32-26(35)19-4-2-3-18-23(33(38)39)12-10-20(24(18)19)27(32)36/h2-14H,1H3,(H,31,34)/t14-/m0/s1. The molecule has 4 aromatic carbocycles. The topological polar surface area (TPSA) is 136 Å². The second-order valence-corrected chi connectivity index (χ2v) is 9.61. The van der Waals surface area contributed by atoms with Crippen molar-refractivity contribution in [3.8, 4) is 0 Å². The number of ether oxygens (including phenoxy) is 1. The van der Waals surface area contributed by atoms with Crippen LogP contribution in [0.25, 0.3) is 10.8 Å². The highest BCUT2D eigenvalue weighted by Crippen LogP contribution is 2.37. The van der Waals surface area contributed by atoms with E-state index < -0.39 is 34.7 Å². The summed E-state index contributed by atoms with van der Waals surface area (Å²) in [4.78, 5) is 63.6. The highest BCUT2D eigenvalue weighted by atomic mass is 35.5. The number of esters is 1. The number of nitrogens with one attached hydrogen (secondary N) is 1. The van der Waals surface area contributed by atoms with Crippen LogP contribution in [0.2, 0.25) is 10.0 Å². The van der Waals surface area contributed by atoms with Gasteiger partial charge in [-0.25, -0.2) is 9.69 Å². The van der Waals surface area contributed by atoms with Gasteiger partial charge in [-0.05, 0) is 67.6 Å². The van der Waals surface area contributed by atoms with Crippen LogP contribution < -0.4 is 10.2 Å². The van der Waals surface area contributed by atoms with Gasteiger partial charge < -0.3 is 10.1 Å². The van der Waals surface area contributed by atoms with Crippen molar-refractivity contribution in [2.75, 3.05) is 10.2 Å². The molecule has 0 unspecified atom stereocenters. The van der Waals surface area contributed by atoms with Crippen LogP contribution >= 0.6 is 23.2 Å². The van der Waals surface area contributed by atoms with Crippen molar-refractivity contribution >= 4 is 74.7 Å². The van der Waals surface area contributed by atoms with Gasteiger partial charge >= 0.3 is 5.97 Å². The number of hydrogen-bond acceptors (Lipinski definition) is 7. The summed E-state index contributed by atoms with van der Waals surface area (Å²) in [6.07, 6.45) is -1.18. The van der Waals surface area contributed by atoms with Crippen LogP contribution in [-0.2, 0) is 9.53 Å². The maximum Gasteiger partial charge on any atom is 0.338 e. The van der Waals surface area contributed by atoms with E-state index in [1.54, 1.807) is 6.07 Å². The minimum atomic E-state index is -1.18. The zero-order valence-electron chi connectivity index (χ0n) is 20.5. The van der Waals surface area contributed by atoms with Crippen LogP contribution in [0.4, 0.5) is 17.1 Å². The monoisotopic (exact) mass is 577 g/mol. The molecule has 0 aromatic heterocycles. The van der Waals surface area contributed by atoms with Gasteiger partial charge in [-0.2, -0.15) is 0 Å². The molecule has 3 amide bonds. The molecule has 1 aliphatic heterocycles. The molecule has 40 heavy (non-hydrogen) atoms. The smallest absolute Gasteiger partial charge is 0.338 e. The molecule has 4 aromatic rings. The van der Waals surface area contributed by atoms with E-state index in [0.29, 0.717) is 10.7 Å². The van der Waals surface area contributed by atoms with Crippen molar-refractivity contribution in [3.05, 3.63) is 110 Å². The van der Waals surface area contributed by atoms with Gasteiger partial charge in [-0.1, -0.05) is 29.3 Å². The van der Waals surface area contributed by atoms with Crippen molar-refractivity contribution in [1.29, 1.82) is 0 Å². The van der Waals surface area contributed by atoms with Gasteiger partial charge in [0.15, 0.2) is 6.10 Å². The number of halogens is 2. The number of non-ortho nitro benzene ring substituents is 1. The van der Waals surface area contributed by atoms with E-state index in [4.69, 9.17) is 27.9 Å². The largest absolute Gasteiger partial charge is 0.449 e. The first-order valence-corrected chi connectivity index (χ1v) is 12.5. The third-order valence-corrected chi connectivity index (χ3v) is 6.83. The summed E-state index contributed by atoms with van der Waals surface area (Å²) in [6.45, 7) is 1.39. The maximum atomic E-state index is 13.3. The minimum absolute atomic E-state index is 0.0722. The highest BCUT2D eigenvalue weighted by Gasteiger charge is 2.35. The van der Waals surface area contributed by atoms with Gasteiger partial charge in [-0.3, -0.25) is 24.5 Å². The van der Waals surface area contributed by atoms with Gasteiger partial charge in [0, 0.05) is 27.6 Å². The Labute approximate surface area is 236 Å². The van der Waals surface area contributed by atoms with E-state index in [9.17, 15) is 29.3 Å². The van der Waals surface area contributed by atoms with Gasteiger partial charge in [-0.15, -0.1) is 0 Å². The molecule has 1 N–H and O–H groups in total. The van der Waals surface area contributed by atoms with Gasteiger partial charge in [0.05, 0.1) is 32.3 Å². The third kappa shape index (κ3) is 4.74. The lowest BCUT2D eigenvalue weighted by Crippen LogP contribution is -2.40. The quantitative estimate of drug-likeness (QED) is 0.128. The third-order valence-electron chi connectivity index (χ3n) is 6.28. The fraction of sp³-hybridized carbons (Fsp3) is 0.0714. The molecule has 1 heterocycles. The average Bonchev–Trinajstić information content (AvgIpc) is 2.93. The summed E-state index contributed by atoms with van der Waals surface area (Å²) in [6, 6.07) is 17.0. The van der Waals surface area contributed by atoms with Crippen LogP contribution in [0.1, 0.15) is 38.0 Å². The fourth-order valence-corrected chi connectivity index (χ4v) is 4.78. The summed E-state index contributed by atoms with van der Waals surface area (Å²) in [5.74, 6) is -2.75. The van der Waals surface area contributed by atoms with E-state index in [1.807, 2.05) is 0 Å². The Morgan fingerprint density at radius 3 is 2.27 bits per heavy atom. The van der Waals surface area contributed by atoms with Crippen LogP contribution in [0.5, 0.6) is 0 Å². The molecule has 0 spiro atoms. The van der Waals surface area contributed by atoms with E-state index in [0.717, 1.165) is 4.90 Å². The summed E-state index contributed by atoms with van der Waals surface area (Å²) in [5.41, 5.74) is 0.612. The van der Waals surface area contributed by atoms with E-state index in [1.165, 1.54) is 73.7 Å². The molecule has 0 fully saturated rings. The Bertz CT molecular complexity index is 1730. The van der Waals surface area contributed by atoms with Crippen molar-refractivity contribution in [3.63, 3.8) is 0 Å². The Morgan fingerprint density at radius 1 is 0.950 bits per heavy atom. The molecule has 0 aliphatic carbocycles. The number of nitrogens with zero attached hydrogens (tertiary/aromatic N) is 2. The molecule has 5 rings (SSSR count). The summed E-state index contributed by atoms with van der Waals surface area (Å²) >= 11 is 11.9. The van der Waals surface area contributed by atoms with Gasteiger partial charge in [0.25, 0.3) is 23.4 Å². The number of imide groups is 1. The first-order chi connectivity index (χ1) is 19.1. The number of nitro benzene ring substituents is 1. The van der Waals surface area contributed by atoms with E-state index >= 15 is 0 Å². The highest BCUT2D eigenvalue weighted by molar-refractivity contribution is 6.37. The molecule has 0 radical (unpaired) electrons. The summed E-state index contributed by atoms with van der Waals surface area (Å²) in [5, 5.41) is 15.0. The number of hydrogen-bond donors (Lipinski definition) is 1. The average molecular weight is 578 g/mol. The Kier molecular flexibility index (Phi) is 6.97. The number of nitro groups is 1. The molecule has 10 nitrogen and oxygen atoms in total. The predicted octanol–water partition coefficient (Wildman–Crippen LogP) is 6.04. The first-order valence-electron chi connectivity index (χ1n) is 11.7. The van der Waals surface area contributed by atoms with Crippen LogP contribution in [0.15, 0.2) is 72.8 Å². The van der Waals surface area contributed by atoms with E-state index in [-0.39, 0.29) is 43.9 Å². The van der Waals surface area contributed by atoms with Crippen molar-refractivity contribution in [2.45, 2.75) is 13.0 Å². The lowest BCUT2D eigenvalue weighted by Gasteiger charge is -2.27. The zero-order chi connectivity index (χ0) is 28.7. The normalized spacial score (nSPS) is 13.2. The van der Waals surface area contributed by atoms with Gasteiger partial charge in [0.2, 0.25) is 0 Å². The van der Waals surface area contributed by atoms with Crippen LogP contribution in [-0.4, -0.2) is 34.7 Å². The first kappa shape index (κ1) is 26.8. The molecule has 200 valence electrons. The number of carbonyl (C=O) groups excluding carboxylic acids is 4. The summed E-state index contributed by atoms with van der Waals surface area (Å²) < 4.78 is 5.25. The molecular formula is C28H17Cl2N3O7. The predicted molar refractivity (Wildman–Crippen MR) is 148 cm³/mol.